The van der Waals surface area contributed by atoms with E-state index in [4.69, 9.17) is 6.57 Å². The summed E-state index contributed by atoms with van der Waals surface area (Å²) in [6.45, 7) is 4.08. The highest BCUT2D eigenvalue weighted by molar-refractivity contribution is 9.10. The summed E-state index contributed by atoms with van der Waals surface area (Å²) >= 11 is 3.09. The molecule has 0 saturated carbocycles. The smallest absolute Gasteiger partial charge is 0.387 e. The first-order valence-corrected chi connectivity index (χ1v) is 8.55. The van der Waals surface area contributed by atoms with E-state index in [-0.39, 0.29) is 28.7 Å². The van der Waals surface area contributed by atoms with Crippen LogP contribution < -0.4 is 10.3 Å². The second-order valence-electron chi connectivity index (χ2n) is 5.81. The molecule has 0 unspecified atom stereocenters. The SMILES string of the molecule is [C-]#[N+]Cc1ccc(OC(F)F)c(Cn2c3cc(Br)c(F)cc3c(=O)n2C)c1. The van der Waals surface area contributed by atoms with E-state index in [1.165, 1.54) is 34.6 Å². The van der Waals surface area contributed by atoms with E-state index < -0.39 is 18.0 Å². The summed E-state index contributed by atoms with van der Waals surface area (Å²) in [5, 5.41) is 0.173. The predicted octanol–water partition coefficient (Wildman–Crippen LogP) is 4.31. The average Bonchev–Trinajstić information content (AvgIpc) is 2.82. The molecule has 1 heterocycles. The number of ether oxygens (including phenoxy) is 1. The first kappa shape index (κ1) is 19.0. The molecule has 0 saturated heterocycles. The molecule has 0 N–H and O–H groups in total. The van der Waals surface area contributed by atoms with Gasteiger partial charge in [0.15, 0.2) is 0 Å². The number of alkyl halides is 2. The van der Waals surface area contributed by atoms with Crippen LogP contribution in [0.1, 0.15) is 11.1 Å². The van der Waals surface area contributed by atoms with Crippen LogP contribution in [0.15, 0.2) is 39.6 Å². The lowest BCUT2D eigenvalue weighted by Crippen LogP contribution is -2.20. The molecule has 140 valence electrons. The third-order valence-corrected chi connectivity index (χ3v) is 4.73. The molecular weight excluding hydrogens is 427 g/mol. The molecule has 27 heavy (non-hydrogen) atoms. The van der Waals surface area contributed by atoms with E-state index in [0.717, 1.165) is 6.07 Å². The van der Waals surface area contributed by atoms with E-state index in [2.05, 4.69) is 25.5 Å². The maximum absolute atomic E-state index is 13.8. The lowest BCUT2D eigenvalue weighted by molar-refractivity contribution is -0.0505. The molecule has 0 radical (unpaired) electrons. The number of hydrogen-bond acceptors (Lipinski definition) is 2. The molecule has 0 fully saturated rings. The minimum Gasteiger partial charge on any atom is -0.434 e. The Hall–Kier alpha value is -2.73. The van der Waals surface area contributed by atoms with E-state index in [0.29, 0.717) is 16.6 Å². The number of rotatable bonds is 5. The fourth-order valence-corrected chi connectivity index (χ4v) is 3.21. The van der Waals surface area contributed by atoms with Crippen molar-refractivity contribution in [2.75, 3.05) is 0 Å². The van der Waals surface area contributed by atoms with Crippen molar-refractivity contribution in [3.8, 4) is 5.75 Å². The van der Waals surface area contributed by atoms with Gasteiger partial charge >= 0.3 is 6.61 Å². The Bertz CT molecular complexity index is 1120. The Labute approximate surface area is 160 Å². The quantitative estimate of drug-likeness (QED) is 0.555. The van der Waals surface area contributed by atoms with Gasteiger partial charge in [-0.25, -0.2) is 11.0 Å². The summed E-state index contributed by atoms with van der Waals surface area (Å²) in [5.41, 5.74) is 1.04. The van der Waals surface area contributed by atoms with Gasteiger partial charge in [0.25, 0.3) is 5.56 Å². The molecule has 0 aliphatic heterocycles. The molecule has 3 rings (SSSR count). The molecule has 0 aliphatic carbocycles. The second kappa shape index (κ2) is 7.48. The molecular formula is C18H13BrF3N3O2. The zero-order valence-corrected chi connectivity index (χ0v) is 15.6. The summed E-state index contributed by atoms with van der Waals surface area (Å²) < 4.78 is 46.9. The number of hydrogen-bond donors (Lipinski definition) is 0. The van der Waals surface area contributed by atoms with Crippen LogP contribution in [0.25, 0.3) is 15.7 Å². The Morgan fingerprint density at radius 3 is 2.70 bits per heavy atom. The van der Waals surface area contributed by atoms with Crippen LogP contribution in [0.4, 0.5) is 13.2 Å². The number of halogens is 4. The van der Waals surface area contributed by atoms with Gasteiger partial charge in [0.1, 0.15) is 11.6 Å². The minimum atomic E-state index is -3.01. The Morgan fingerprint density at radius 2 is 2.04 bits per heavy atom. The molecule has 0 aliphatic rings. The Kier molecular flexibility index (Phi) is 5.28. The number of nitrogens with zero attached hydrogens (tertiary/aromatic N) is 3. The fourth-order valence-electron chi connectivity index (χ4n) is 2.88. The molecule has 5 nitrogen and oxygen atoms in total. The molecule has 0 spiro atoms. The molecule has 3 aromatic rings. The third kappa shape index (κ3) is 3.71. The van der Waals surface area contributed by atoms with Gasteiger partial charge in [-0.1, -0.05) is 0 Å². The van der Waals surface area contributed by atoms with Crippen LogP contribution in [-0.4, -0.2) is 16.0 Å². The standard InChI is InChI=1S/C18H13BrF3N3O2/c1-23-8-10-3-4-16(27-18(21)22)11(5-10)9-25-15-7-13(19)14(20)6-12(15)17(26)24(25)2/h3-7,18H,8-9H2,2H3. The summed E-state index contributed by atoms with van der Waals surface area (Å²) in [6, 6.07) is 7.09. The second-order valence-corrected chi connectivity index (χ2v) is 6.66. The van der Waals surface area contributed by atoms with Gasteiger partial charge in [0.05, 0.1) is 21.9 Å². The zero-order chi connectivity index (χ0) is 19.7. The van der Waals surface area contributed by atoms with Gasteiger partial charge in [-0.2, -0.15) is 8.78 Å². The van der Waals surface area contributed by atoms with E-state index >= 15 is 0 Å². The molecule has 9 heteroatoms. The molecule has 2 aromatic carbocycles. The molecule has 1 aromatic heterocycles. The summed E-state index contributed by atoms with van der Waals surface area (Å²) in [5.74, 6) is -0.618. The highest BCUT2D eigenvalue weighted by Gasteiger charge is 2.17. The number of fused-ring (bicyclic) bond motifs is 1. The largest absolute Gasteiger partial charge is 0.434 e. The van der Waals surface area contributed by atoms with E-state index in [9.17, 15) is 18.0 Å². The zero-order valence-electron chi connectivity index (χ0n) is 14.0. The van der Waals surface area contributed by atoms with E-state index in [1.54, 1.807) is 6.07 Å². The van der Waals surface area contributed by atoms with Crippen molar-refractivity contribution >= 4 is 26.8 Å². The van der Waals surface area contributed by atoms with Gasteiger partial charge in [-0.3, -0.25) is 14.2 Å². The van der Waals surface area contributed by atoms with Crippen molar-refractivity contribution in [3.05, 3.63) is 73.5 Å². The maximum Gasteiger partial charge on any atom is 0.387 e. The minimum absolute atomic E-state index is 0.0290. The number of benzene rings is 2. The Morgan fingerprint density at radius 1 is 1.30 bits per heavy atom. The van der Waals surface area contributed by atoms with Crippen LogP contribution in [0.2, 0.25) is 0 Å². The number of aromatic nitrogens is 2. The van der Waals surface area contributed by atoms with Crippen LogP contribution in [0, 0.1) is 12.4 Å². The summed E-state index contributed by atoms with van der Waals surface area (Å²) in [7, 11) is 1.50. The lowest BCUT2D eigenvalue weighted by Gasteiger charge is -2.14. The van der Waals surface area contributed by atoms with Gasteiger partial charge in [-0.05, 0) is 46.3 Å². The van der Waals surface area contributed by atoms with Crippen LogP contribution in [0.3, 0.4) is 0 Å². The van der Waals surface area contributed by atoms with Gasteiger partial charge in [-0.15, -0.1) is 0 Å². The first-order chi connectivity index (χ1) is 12.8. The summed E-state index contributed by atoms with van der Waals surface area (Å²) in [4.78, 5) is 15.7. The maximum atomic E-state index is 13.8. The van der Waals surface area contributed by atoms with Crippen molar-refractivity contribution in [1.29, 1.82) is 0 Å². The normalized spacial score (nSPS) is 11.1. The van der Waals surface area contributed by atoms with E-state index in [1.807, 2.05) is 0 Å². The molecule has 0 atom stereocenters. The van der Waals surface area contributed by atoms with Crippen molar-refractivity contribution in [3.63, 3.8) is 0 Å². The monoisotopic (exact) mass is 439 g/mol. The third-order valence-electron chi connectivity index (χ3n) is 4.13. The highest BCUT2D eigenvalue weighted by Crippen LogP contribution is 2.27. The van der Waals surface area contributed by atoms with Crippen molar-refractivity contribution < 1.29 is 17.9 Å². The highest BCUT2D eigenvalue weighted by atomic mass is 79.9. The van der Waals surface area contributed by atoms with Crippen molar-refractivity contribution in [2.24, 2.45) is 7.05 Å². The van der Waals surface area contributed by atoms with Gasteiger partial charge in [0, 0.05) is 18.2 Å². The fraction of sp³-hybridized carbons (Fsp3) is 0.222. The Balaban J connectivity index is 2.16. The topological polar surface area (TPSA) is 40.5 Å². The predicted molar refractivity (Wildman–Crippen MR) is 97.3 cm³/mol. The summed E-state index contributed by atoms with van der Waals surface area (Å²) in [6.07, 6.45) is 0. The average molecular weight is 440 g/mol. The van der Waals surface area contributed by atoms with Crippen molar-refractivity contribution in [2.45, 2.75) is 19.7 Å². The van der Waals surface area contributed by atoms with Crippen LogP contribution in [-0.2, 0) is 20.1 Å². The van der Waals surface area contributed by atoms with Crippen molar-refractivity contribution in [1.82, 2.24) is 9.36 Å². The van der Waals surface area contributed by atoms with Gasteiger partial charge in [0.2, 0.25) is 6.54 Å². The van der Waals surface area contributed by atoms with Gasteiger partial charge < -0.3 is 9.58 Å². The molecule has 0 bridgehead atoms. The molecule has 0 amide bonds. The lowest BCUT2D eigenvalue weighted by atomic mass is 10.1. The van der Waals surface area contributed by atoms with Crippen LogP contribution in [0.5, 0.6) is 5.75 Å². The first-order valence-electron chi connectivity index (χ1n) is 7.76. The van der Waals surface area contributed by atoms with Crippen LogP contribution >= 0.6 is 15.9 Å².